The molecule has 3 aromatic rings. The molecule has 0 aliphatic heterocycles. The number of amides is 1. The first-order valence-corrected chi connectivity index (χ1v) is 9.47. The van der Waals surface area contributed by atoms with Crippen LogP contribution in [-0.2, 0) is 0 Å². The Labute approximate surface area is 174 Å². The van der Waals surface area contributed by atoms with Gasteiger partial charge < -0.3 is 10.1 Å². The minimum absolute atomic E-state index is 0.0399. The molecule has 0 bridgehead atoms. The van der Waals surface area contributed by atoms with Crippen molar-refractivity contribution in [3.8, 4) is 17.5 Å². The molecular weight excluding hydrogens is 383 g/mol. The van der Waals surface area contributed by atoms with Crippen LogP contribution < -0.4 is 10.1 Å². The van der Waals surface area contributed by atoms with Gasteiger partial charge in [-0.3, -0.25) is 4.79 Å². The SMILES string of the molecule is Cc1c(C(=O)Nc2ccc(OCC(C)(C)C)c(C#N)c2)cnn1-c1ccc(F)cc1. The minimum Gasteiger partial charge on any atom is -0.492 e. The standard InChI is InChI=1S/C23H23FN4O2/c1-15-20(13-26-28(15)19-8-5-17(24)6-9-19)22(29)27-18-7-10-21(16(11-18)12-25)30-14-23(2,3)4/h5-11,13H,14H2,1-4H3,(H,27,29). The Morgan fingerprint density at radius 1 is 1.23 bits per heavy atom. The van der Waals surface area contributed by atoms with Crippen LogP contribution in [0.2, 0.25) is 0 Å². The predicted octanol–water partition coefficient (Wildman–Crippen LogP) is 4.87. The lowest BCUT2D eigenvalue weighted by Crippen LogP contribution is -2.17. The van der Waals surface area contributed by atoms with Gasteiger partial charge in [-0.1, -0.05) is 20.8 Å². The van der Waals surface area contributed by atoms with E-state index in [-0.39, 0.29) is 17.1 Å². The summed E-state index contributed by atoms with van der Waals surface area (Å²) in [7, 11) is 0. The van der Waals surface area contributed by atoms with Gasteiger partial charge in [0.25, 0.3) is 5.91 Å². The third kappa shape index (κ3) is 4.84. The highest BCUT2D eigenvalue weighted by atomic mass is 19.1. The van der Waals surface area contributed by atoms with Crippen LogP contribution in [0.3, 0.4) is 0 Å². The molecule has 1 heterocycles. The van der Waals surface area contributed by atoms with Crippen molar-refractivity contribution in [2.45, 2.75) is 27.7 Å². The molecule has 0 spiro atoms. The number of hydrogen-bond donors (Lipinski definition) is 1. The number of nitrogens with one attached hydrogen (secondary N) is 1. The second-order valence-corrected chi connectivity index (χ2v) is 8.16. The van der Waals surface area contributed by atoms with E-state index < -0.39 is 0 Å². The van der Waals surface area contributed by atoms with E-state index in [0.29, 0.717) is 40.6 Å². The number of halogens is 1. The van der Waals surface area contributed by atoms with Gasteiger partial charge in [-0.2, -0.15) is 10.4 Å². The van der Waals surface area contributed by atoms with E-state index in [1.165, 1.54) is 18.3 Å². The zero-order chi connectivity index (χ0) is 21.9. The van der Waals surface area contributed by atoms with Crippen molar-refractivity contribution in [3.05, 3.63) is 71.3 Å². The highest BCUT2D eigenvalue weighted by Gasteiger charge is 2.17. The van der Waals surface area contributed by atoms with E-state index in [1.807, 2.05) is 20.8 Å². The van der Waals surface area contributed by atoms with Crippen molar-refractivity contribution in [3.63, 3.8) is 0 Å². The summed E-state index contributed by atoms with van der Waals surface area (Å²) in [5, 5.41) is 16.5. The molecule has 7 heteroatoms. The fraction of sp³-hybridized carbons (Fsp3) is 0.261. The Hall–Kier alpha value is -3.66. The van der Waals surface area contributed by atoms with Crippen molar-refractivity contribution >= 4 is 11.6 Å². The van der Waals surface area contributed by atoms with Crippen LogP contribution in [0.25, 0.3) is 5.69 Å². The molecule has 0 atom stereocenters. The van der Waals surface area contributed by atoms with Crippen LogP contribution in [0.15, 0.2) is 48.7 Å². The number of carbonyl (C=O) groups excluding carboxylic acids is 1. The van der Waals surface area contributed by atoms with E-state index in [9.17, 15) is 14.4 Å². The minimum atomic E-state index is -0.354. The van der Waals surface area contributed by atoms with Gasteiger partial charge in [-0.15, -0.1) is 0 Å². The Morgan fingerprint density at radius 3 is 2.57 bits per heavy atom. The van der Waals surface area contributed by atoms with Crippen LogP contribution in [0.1, 0.15) is 42.4 Å². The highest BCUT2D eigenvalue weighted by molar-refractivity contribution is 6.05. The van der Waals surface area contributed by atoms with Crippen LogP contribution >= 0.6 is 0 Å². The van der Waals surface area contributed by atoms with Crippen molar-refractivity contribution in [1.82, 2.24) is 9.78 Å². The van der Waals surface area contributed by atoms with Crippen molar-refractivity contribution in [1.29, 1.82) is 5.26 Å². The summed E-state index contributed by atoms with van der Waals surface area (Å²) in [6.07, 6.45) is 1.46. The molecule has 30 heavy (non-hydrogen) atoms. The molecule has 3 rings (SSSR count). The number of rotatable bonds is 5. The van der Waals surface area contributed by atoms with Gasteiger partial charge in [0.2, 0.25) is 0 Å². The Morgan fingerprint density at radius 2 is 1.93 bits per heavy atom. The van der Waals surface area contributed by atoms with Gasteiger partial charge in [0.15, 0.2) is 0 Å². The molecule has 1 aromatic heterocycles. The van der Waals surface area contributed by atoms with Crippen molar-refractivity contribution < 1.29 is 13.9 Å². The number of carbonyl (C=O) groups is 1. The molecule has 0 saturated heterocycles. The molecule has 0 fully saturated rings. The monoisotopic (exact) mass is 406 g/mol. The molecule has 6 nitrogen and oxygen atoms in total. The largest absolute Gasteiger partial charge is 0.492 e. The fourth-order valence-electron chi connectivity index (χ4n) is 2.79. The third-order valence-corrected chi connectivity index (χ3v) is 4.34. The van der Waals surface area contributed by atoms with Crippen molar-refractivity contribution in [2.75, 3.05) is 11.9 Å². The molecule has 0 aliphatic rings. The summed E-state index contributed by atoms with van der Waals surface area (Å²) in [5.74, 6) is -0.219. The number of ether oxygens (including phenoxy) is 1. The summed E-state index contributed by atoms with van der Waals surface area (Å²) in [6, 6.07) is 12.9. The fourth-order valence-corrected chi connectivity index (χ4v) is 2.79. The second kappa shape index (κ2) is 8.37. The number of benzene rings is 2. The smallest absolute Gasteiger partial charge is 0.259 e. The topological polar surface area (TPSA) is 79.9 Å². The van der Waals surface area contributed by atoms with Crippen LogP contribution in [0.4, 0.5) is 10.1 Å². The zero-order valence-corrected chi connectivity index (χ0v) is 17.4. The first-order valence-electron chi connectivity index (χ1n) is 9.47. The highest BCUT2D eigenvalue weighted by Crippen LogP contribution is 2.25. The number of nitriles is 1. The Balaban J connectivity index is 1.78. The van der Waals surface area contributed by atoms with Gasteiger partial charge in [-0.05, 0) is 54.8 Å². The van der Waals surface area contributed by atoms with Crippen molar-refractivity contribution in [2.24, 2.45) is 5.41 Å². The number of anilines is 1. The third-order valence-electron chi connectivity index (χ3n) is 4.34. The maximum atomic E-state index is 13.1. The average Bonchev–Trinajstić information content (AvgIpc) is 3.08. The molecule has 1 N–H and O–H groups in total. The van der Waals surface area contributed by atoms with Gasteiger partial charge >= 0.3 is 0 Å². The normalized spacial score (nSPS) is 11.1. The summed E-state index contributed by atoms with van der Waals surface area (Å²) >= 11 is 0. The lowest BCUT2D eigenvalue weighted by molar-refractivity contribution is 0.102. The maximum Gasteiger partial charge on any atom is 0.259 e. The lowest BCUT2D eigenvalue weighted by Gasteiger charge is -2.19. The van der Waals surface area contributed by atoms with E-state index in [0.717, 1.165) is 0 Å². The molecule has 0 radical (unpaired) electrons. The maximum absolute atomic E-state index is 13.1. The van der Waals surface area contributed by atoms with Gasteiger partial charge in [0.1, 0.15) is 17.6 Å². The second-order valence-electron chi connectivity index (χ2n) is 8.16. The first kappa shape index (κ1) is 21.1. The molecule has 0 aliphatic carbocycles. The van der Waals surface area contributed by atoms with E-state index in [4.69, 9.17) is 4.74 Å². The quantitative estimate of drug-likeness (QED) is 0.656. The van der Waals surface area contributed by atoms with Crippen LogP contribution in [0, 0.1) is 29.5 Å². The molecular formula is C23H23FN4O2. The zero-order valence-electron chi connectivity index (χ0n) is 17.4. The lowest BCUT2D eigenvalue weighted by atomic mass is 9.98. The Bertz CT molecular complexity index is 1110. The molecule has 154 valence electrons. The Kier molecular flexibility index (Phi) is 5.88. The molecule has 0 unspecified atom stereocenters. The average molecular weight is 406 g/mol. The molecule has 2 aromatic carbocycles. The summed E-state index contributed by atoms with van der Waals surface area (Å²) in [6.45, 7) is 8.36. The van der Waals surface area contributed by atoms with Crippen LogP contribution in [0.5, 0.6) is 5.75 Å². The summed E-state index contributed by atoms with van der Waals surface area (Å²) < 4.78 is 20.5. The van der Waals surface area contributed by atoms with Crippen LogP contribution in [-0.4, -0.2) is 22.3 Å². The number of hydrogen-bond acceptors (Lipinski definition) is 4. The predicted molar refractivity (Wildman–Crippen MR) is 112 cm³/mol. The summed E-state index contributed by atoms with van der Waals surface area (Å²) in [5.41, 5.74) is 2.43. The van der Waals surface area contributed by atoms with E-state index in [1.54, 1.807) is 41.9 Å². The van der Waals surface area contributed by atoms with E-state index in [2.05, 4.69) is 16.5 Å². The summed E-state index contributed by atoms with van der Waals surface area (Å²) in [4.78, 5) is 12.7. The van der Waals surface area contributed by atoms with Gasteiger partial charge in [0.05, 0.1) is 35.3 Å². The van der Waals surface area contributed by atoms with E-state index >= 15 is 0 Å². The number of nitrogens with zero attached hydrogens (tertiary/aromatic N) is 3. The van der Waals surface area contributed by atoms with Gasteiger partial charge in [0, 0.05) is 5.69 Å². The first-order chi connectivity index (χ1) is 14.2. The van der Waals surface area contributed by atoms with Gasteiger partial charge in [-0.25, -0.2) is 9.07 Å². The molecule has 0 saturated carbocycles. The molecule has 1 amide bonds. The number of aromatic nitrogens is 2.